The largest absolute Gasteiger partial charge is 0.494 e. The smallest absolute Gasteiger partial charge is 0.230 e. The lowest BCUT2D eigenvalue weighted by Gasteiger charge is -2.15. The second-order valence-corrected chi connectivity index (χ2v) is 7.13. The first-order chi connectivity index (χ1) is 13.6. The molecule has 0 spiro atoms. The minimum Gasteiger partial charge on any atom is -0.494 e. The molecule has 1 aromatic carbocycles. The molecule has 1 aliphatic carbocycles. The van der Waals surface area contributed by atoms with E-state index in [2.05, 4.69) is 20.3 Å². The molecule has 146 valence electrons. The molecular weight excluding hydrogens is 354 g/mol. The van der Waals surface area contributed by atoms with E-state index in [-0.39, 0.29) is 6.10 Å². The third-order valence-electron chi connectivity index (χ3n) is 4.85. The Morgan fingerprint density at radius 1 is 1.07 bits per heavy atom. The first-order valence-electron chi connectivity index (χ1n) is 9.59. The number of ether oxygens (including phenoxy) is 2. The van der Waals surface area contributed by atoms with Crippen LogP contribution in [-0.2, 0) is 0 Å². The number of aryl methyl sites for hydroxylation is 2. The molecule has 7 nitrogen and oxygen atoms in total. The van der Waals surface area contributed by atoms with E-state index in [4.69, 9.17) is 9.47 Å². The van der Waals surface area contributed by atoms with Gasteiger partial charge in [0.15, 0.2) is 0 Å². The van der Waals surface area contributed by atoms with Crippen LogP contribution in [0.1, 0.15) is 37.1 Å². The van der Waals surface area contributed by atoms with Crippen molar-refractivity contribution in [3.8, 4) is 17.3 Å². The molecule has 7 heteroatoms. The Balaban J connectivity index is 1.56. The molecule has 0 radical (unpaired) electrons. The average Bonchev–Trinajstić information content (AvgIpc) is 3.33. The van der Waals surface area contributed by atoms with Crippen LogP contribution >= 0.6 is 0 Å². The lowest BCUT2D eigenvalue weighted by Crippen LogP contribution is -2.13. The van der Waals surface area contributed by atoms with Crippen LogP contribution in [0.25, 0.3) is 5.69 Å². The van der Waals surface area contributed by atoms with Crippen molar-refractivity contribution in [2.45, 2.75) is 45.6 Å². The highest BCUT2D eigenvalue weighted by molar-refractivity contribution is 5.62. The molecule has 0 unspecified atom stereocenters. The van der Waals surface area contributed by atoms with Gasteiger partial charge in [0.2, 0.25) is 11.8 Å². The maximum absolute atomic E-state index is 6.03. The number of hydrogen-bond donors (Lipinski definition) is 1. The fourth-order valence-corrected chi connectivity index (χ4v) is 3.48. The van der Waals surface area contributed by atoms with Gasteiger partial charge in [-0.15, -0.1) is 0 Å². The number of aromatic nitrogens is 4. The number of imidazole rings is 1. The summed E-state index contributed by atoms with van der Waals surface area (Å²) in [4.78, 5) is 13.3. The first-order valence-corrected chi connectivity index (χ1v) is 9.59. The number of benzene rings is 1. The normalized spacial score (nSPS) is 14.2. The van der Waals surface area contributed by atoms with Crippen LogP contribution in [0.5, 0.6) is 11.6 Å². The van der Waals surface area contributed by atoms with E-state index in [0.717, 1.165) is 41.4 Å². The quantitative estimate of drug-likeness (QED) is 0.686. The highest BCUT2D eigenvalue weighted by atomic mass is 16.5. The van der Waals surface area contributed by atoms with E-state index in [1.165, 1.54) is 12.8 Å². The zero-order chi connectivity index (χ0) is 19.5. The average molecular weight is 379 g/mol. The van der Waals surface area contributed by atoms with Crippen LogP contribution in [0.4, 0.5) is 11.6 Å². The summed E-state index contributed by atoms with van der Waals surface area (Å²) >= 11 is 0. The standard InChI is InChI=1S/C21H25N5O2/c1-14-10-20(28-17-6-4-5-7-17)25-21(23-14)24-16-8-9-18(19(11-16)27-3)26-12-15(2)22-13-26/h8-13,17H,4-7H2,1-3H3,(H,23,24,25). The van der Waals surface area contributed by atoms with Crippen LogP contribution in [0.15, 0.2) is 36.8 Å². The van der Waals surface area contributed by atoms with E-state index >= 15 is 0 Å². The summed E-state index contributed by atoms with van der Waals surface area (Å²) in [7, 11) is 1.66. The summed E-state index contributed by atoms with van der Waals surface area (Å²) in [5.74, 6) is 1.87. The van der Waals surface area contributed by atoms with Crippen LogP contribution in [0.2, 0.25) is 0 Å². The Labute approximate surface area is 164 Å². The SMILES string of the molecule is COc1cc(Nc2nc(C)cc(OC3CCCC3)n2)ccc1-n1cnc(C)c1. The van der Waals surface area contributed by atoms with Crippen molar-refractivity contribution in [2.24, 2.45) is 0 Å². The van der Waals surface area contributed by atoms with Gasteiger partial charge < -0.3 is 19.4 Å². The van der Waals surface area contributed by atoms with Gasteiger partial charge in [0, 0.05) is 29.7 Å². The number of methoxy groups -OCH3 is 1. The molecule has 1 fully saturated rings. The van der Waals surface area contributed by atoms with Crippen molar-refractivity contribution in [1.82, 2.24) is 19.5 Å². The fourth-order valence-electron chi connectivity index (χ4n) is 3.48. The van der Waals surface area contributed by atoms with Crippen molar-refractivity contribution < 1.29 is 9.47 Å². The zero-order valence-electron chi connectivity index (χ0n) is 16.5. The summed E-state index contributed by atoms with van der Waals surface area (Å²) in [6, 6.07) is 7.76. The summed E-state index contributed by atoms with van der Waals surface area (Å²) in [5, 5.41) is 3.26. The zero-order valence-corrected chi connectivity index (χ0v) is 16.5. The number of anilines is 2. The molecule has 0 saturated heterocycles. The monoisotopic (exact) mass is 379 g/mol. The Bertz CT molecular complexity index is 963. The van der Waals surface area contributed by atoms with Crippen molar-refractivity contribution in [2.75, 3.05) is 12.4 Å². The lowest BCUT2D eigenvalue weighted by atomic mass is 10.2. The summed E-state index contributed by atoms with van der Waals surface area (Å²) in [6.07, 6.45) is 8.64. The highest BCUT2D eigenvalue weighted by Gasteiger charge is 2.18. The first kappa shape index (κ1) is 18.3. The third kappa shape index (κ3) is 4.08. The molecule has 0 atom stereocenters. The van der Waals surface area contributed by atoms with Crippen LogP contribution < -0.4 is 14.8 Å². The Kier molecular flexibility index (Phi) is 5.14. The van der Waals surface area contributed by atoms with Gasteiger partial charge in [-0.1, -0.05) is 0 Å². The number of nitrogens with one attached hydrogen (secondary N) is 1. The molecule has 2 heterocycles. The van der Waals surface area contributed by atoms with Gasteiger partial charge in [-0.2, -0.15) is 4.98 Å². The van der Waals surface area contributed by atoms with Crippen molar-refractivity contribution in [3.63, 3.8) is 0 Å². The molecule has 1 saturated carbocycles. The van der Waals surface area contributed by atoms with Gasteiger partial charge in [0.05, 0.1) is 24.8 Å². The van der Waals surface area contributed by atoms with Gasteiger partial charge in [0.1, 0.15) is 11.9 Å². The Morgan fingerprint density at radius 3 is 2.61 bits per heavy atom. The fraction of sp³-hybridized carbons (Fsp3) is 0.381. The highest BCUT2D eigenvalue weighted by Crippen LogP contribution is 2.29. The van der Waals surface area contributed by atoms with Crippen LogP contribution in [0, 0.1) is 13.8 Å². The number of hydrogen-bond acceptors (Lipinski definition) is 6. The molecule has 2 aromatic heterocycles. The molecule has 1 N–H and O–H groups in total. The van der Waals surface area contributed by atoms with E-state index < -0.39 is 0 Å². The molecule has 4 rings (SSSR count). The predicted octanol–water partition coefficient (Wildman–Crippen LogP) is 4.35. The second kappa shape index (κ2) is 7.88. The Morgan fingerprint density at radius 2 is 1.89 bits per heavy atom. The molecule has 28 heavy (non-hydrogen) atoms. The van der Waals surface area contributed by atoms with Gasteiger partial charge in [-0.25, -0.2) is 9.97 Å². The second-order valence-electron chi connectivity index (χ2n) is 7.13. The van der Waals surface area contributed by atoms with Crippen molar-refractivity contribution in [3.05, 3.63) is 48.2 Å². The van der Waals surface area contributed by atoms with Gasteiger partial charge in [0.25, 0.3) is 0 Å². The van der Waals surface area contributed by atoms with Crippen molar-refractivity contribution >= 4 is 11.6 Å². The lowest BCUT2D eigenvalue weighted by molar-refractivity contribution is 0.201. The topological polar surface area (TPSA) is 74.1 Å². The number of nitrogens with zero attached hydrogens (tertiary/aromatic N) is 4. The maximum Gasteiger partial charge on any atom is 0.230 e. The molecule has 0 aliphatic heterocycles. The molecule has 0 bridgehead atoms. The van der Waals surface area contributed by atoms with Crippen LogP contribution in [-0.4, -0.2) is 32.7 Å². The molecule has 0 amide bonds. The number of rotatable bonds is 6. The Hall–Kier alpha value is -3.09. The summed E-state index contributed by atoms with van der Waals surface area (Å²) in [5.41, 5.74) is 3.58. The summed E-state index contributed by atoms with van der Waals surface area (Å²) in [6.45, 7) is 3.90. The van der Waals surface area contributed by atoms with E-state index in [1.807, 2.05) is 48.9 Å². The molecular formula is C21H25N5O2. The summed E-state index contributed by atoms with van der Waals surface area (Å²) < 4.78 is 13.5. The van der Waals surface area contributed by atoms with Gasteiger partial charge in [-0.05, 0) is 51.7 Å². The van der Waals surface area contributed by atoms with Gasteiger partial charge in [-0.3, -0.25) is 0 Å². The third-order valence-corrected chi connectivity index (χ3v) is 4.85. The minimum atomic E-state index is 0.264. The van der Waals surface area contributed by atoms with Gasteiger partial charge >= 0.3 is 0 Å². The maximum atomic E-state index is 6.03. The molecule has 3 aromatic rings. The predicted molar refractivity (Wildman–Crippen MR) is 108 cm³/mol. The minimum absolute atomic E-state index is 0.264. The van der Waals surface area contributed by atoms with Crippen molar-refractivity contribution in [1.29, 1.82) is 0 Å². The van der Waals surface area contributed by atoms with E-state index in [1.54, 1.807) is 13.4 Å². The van der Waals surface area contributed by atoms with E-state index in [0.29, 0.717) is 11.8 Å². The van der Waals surface area contributed by atoms with E-state index in [9.17, 15) is 0 Å². The van der Waals surface area contributed by atoms with Crippen LogP contribution in [0.3, 0.4) is 0 Å². The molecule has 1 aliphatic rings.